The largest absolute Gasteiger partial charge is 0.326 e. The van der Waals surface area contributed by atoms with E-state index in [2.05, 4.69) is 0 Å². The van der Waals surface area contributed by atoms with Gasteiger partial charge in [0.1, 0.15) is 4.90 Å². The summed E-state index contributed by atoms with van der Waals surface area (Å²) in [7, 11) is -2.18. The van der Waals surface area contributed by atoms with Crippen LogP contribution in [-0.2, 0) is 17.1 Å². The fourth-order valence-corrected chi connectivity index (χ4v) is 3.51. The Morgan fingerprint density at radius 3 is 2.76 bits per heavy atom. The lowest BCUT2D eigenvalue weighted by atomic mass is 10.3. The molecule has 0 saturated carbocycles. The lowest BCUT2D eigenvalue weighted by Gasteiger charge is -2.15. The molecule has 94 valence electrons. The fraction of sp³-hybridized carbons (Fsp3) is 0.500. The second-order valence-corrected chi connectivity index (χ2v) is 6.11. The molecule has 1 atom stereocenters. The zero-order valence-corrected chi connectivity index (χ0v) is 10.4. The first-order valence-corrected chi connectivity index (χ1v) is 6.78. The van der Waals surface area contributed by atoms with Crippen LogP contribution in [0.15, 0.2) is 28.0 Å². The van der Waals surface area contributed by atoms with E-state index in [1.807, 2.05) is 0 Å². The molecule has 2 N–H and O–H groups in total. The van der Waals surface area contributed by atoms with Crippen molar-refractivity contribution in [1.82, 2.24) is 8.87 Å². The third kappa shape index (κ3) is 2.13. The van der Waals surface area contributed by atoms with Gasteiger partial charge in [-0.2, -0.15) is 4.31 Å². The summed E-state index contributed by atoms with van der Waals surface area (Å²) in [4.78, 5) is 11.6. The van der Waals surface area contributed by atoms with Crippen LogP contribution in [-0.4, -0.2) is 36.4 Å². The lowest BCUT2D eigenvalue weighted by Crippen LogP contribution is -2.36. The molecule has 0 spiro atoms. The standard InChI is InChI=1S/C10H15N3O3S/c1-12-5-2-3-9(10(12)14)17(15,16)13-6-4-8(11)7-13/h2-3,5,8H,4,6-7,11H2,1H3/t8-/m0/s1. The van der Waals surface area contributed by atoms with E-state index >= 15 is 0 Å². The number of aromatic nitrogens is 1. The van der Waals surface area contributed by atoms with Crippen molar-refractivity contribution in [3.8, 4) is 0 Å². The van der Waals surface area contributed by atoms with Crippen molar-refractivity contribution in [2.75, 3.05) is 13.1 Å². The van der Waals surface area contributed by atoms with Crippen molar-refractivity contribution >= 4 is 10.0 Å². The number of rotatable bonds is 2. The molecule has 0 unspecified atom stereocenters. The monoisotopic (exact) mass is 257 g/mol. The zero-order valence-electron chi connectivity index (χ0n) is 9.54. The third-order valence-corrected chi connectivity index (χ3v) is 4.77. The smallest absolute Gasteiger partial charge is 0.270 e. The molecule has 0 aromatic carbocycles. The molecule has 0 radical (unpaired) electrons. The average molecular weight is 257 g/mol. The molecule has 0 amide bonds. The van der Waals surface area contributed by atoms with Gasteiger partial charge in [-0.05, 0) is 18.6 Å². The van der Waals surface area contributed by atoms with Crippen LogP contribution in [0, 0.1) is 0 Å². The Kier molecular flexibility index (Phi) is 3.07. The number of pyridine rings is 1. The Labute approximate surface area is 99.7 Å². The Morgan fingerprint density at radius 2 is 2.18 bits per heavy atom. The van der Waals surface area contributed by atoms with Crippen LogP contribution in [0.25, 0.3) is 0 Å². The summed E-state index contributed by atoms with van der Waals surface area (Å²) in [6.45, 7) is 0.655. The van der Waals surface area contributed by atoms with Crippen molar-refractivity contribution in [3.63, 3.8) is 0 Å². The molecule has 7 heteroatoms. The van der Waals surface area contributed by atoms with Gasteiger partial charge in [-0.15, -0.1) is 0 Å². The van der Waals surface area contributed by atoms with Gasteiger partial charge in [-0.1, -0.05) is 0 Å². The van der Waals surface area contributed by atoms with Crippen LogP contribution >= 0.6 is 0 Å². The summed E-state index contributed by atoms with van der Waals surface area (Å²) in [6, 6.07) is 2.74. The van der Waals surface area contributed by atoms with Gasteiger partial charge in [0.2, 0.25) is 10.0 Å². The Balaban J connectivity index is 2.46. The van der Waals surface area contributed by atoms with E-state index in [9.17, 15) is 13.2 Å². The van der Waals surface area contributed by atoms with Crippen LogP contribution < -0.4 is 11.3 Å². The fourth-order valence-electron chi connectivity index (χ4n) is 1.88. The van der Waals surface area contributed by atoms with E-state index in [4.69, 9.17) is 5.73 Å². The maximum absolute atomic E-state index is 12.2. The van der Waals surface area contributed by atoms with Gasteiger partial charge in [-0.25, -0.2) is 8.42 Å². The molecule has 1 aliphatic heterocycles. The molecule has 1 saturated heterocycles. The maximum atomic E-state index is 12.2. The maximum Gasteiger partial charge on any atom is 0.270 e. The van der Waals surface area contributed by atoms with Crippen LogP contribution in [0.4, 0.5) is 0 Å². The van der Waals surface area contributed by atoms with E-state index in [1.54, 1.807) is 6.07 Å². The second-order valence-electron chi connectivity index (χ2n) is 4.20. The van der Waals surface area contributed by atoms with E-state index in [1.165, 1.54) is 28.2 Å². The quantitative estimate of drug-likeness (QED) is 0.744. The molecule has 6 nitrogen and oxygen atoms in total. The number of nitrogens with zero attached hydrogens (tertiary/aromatic N) is 2. The molecular weight excluding hydrogens is 242 g/mol. The summed E-state index contributed by atoms with van der Waals surface area (Å²) in [5, 5.41) is 0. The van der Waals surface area contributed by atoms with Crippen molar-refractivity contribution in [3.05, 3.63) is 28.7 Å². The molecule has 2 rings (SSSR count). The van der Waals surface area contributed by atoms with Gasteiger partial charge in [0.25, 0.3) is 5.56 Å². The number of sulfonamides is 1. The predicted octanol–water partition coefficient (Wildman–Crippen LogP) is -0.893. The normalized spacial score (nSPS) is 21.9. The Hall–Kier alpha value is -1.18. The van der Waals surface area contributed by atoms with E-state index < -0.39 is 15.6 Å². The van der Waals surface area contributed by atoms with Crippen molar-refractivity contribution in [2.24, 2.45) is 12.8 Å². The highest BCUT2D eigenvalue weighted by Crippen LogP contribution is 2.17. The first-order valence-electron chi connectivity index (χ1n) is 5.34. The van der Waals surface area contributed by atoms with E-state index in [0.717, 1.165) is 0 Å². The molecular formula is C10H15N3O3S. The zero-order chi connectivity index (χ0) is 12.6. The number of nitrogens with two attached hydrogens (primary N) is 1. The topological polar surface area (TPSA) is 85.4 Å². The highest BCUT2D eigenvalue weighted by atomic mass is 32.2. The molecule has 2 heterocycles. The Morgan fingerprint density at radius 1 is 1.47 bits per heavy atom. The van der Waals surface area contributed by atoms with Crippen molar-refractivity contribution < 1.29 is 8.42 Å². The van der Waals surface area contributed by atoms with Gasteiger partial charge < -0.3 is 10.3 Å². The molecule has 1 fully saturated rings. The number of hydrogen-bond acceptors (Lipinski definition) is 4. The molecule has 1 aliphatic rings. The summed E-state index contributed by atoms with van der Waals surface area (Å²) in [6.07, 6.45) is 2.16. The minimum Gasteiger partial charge on any atom is -0.326 e. The van der Waals surface area contributed by atoms with Crippen LogP contribution in [0.5, 0.6) is 0 Å². The predicted molar refractivity (Wildman–Crippen MR) is 63.0 cm³/mol. The summed E-state index contributed by atoms with van der Waals surface area (Å²) in [5.41, 5.74) is 5.17. The van der Waals surface area contributed by atoms with Gasteiger partial charge in [0.05, 0.1) is 0 Å². The second kappa shape index (κ2) is 4.25. The number of hydrogen-bond donors (Lipinski definition) is 1. The van der Waals surface area contributed by atoms with Crippen molar-refractivity contribution in [1.29, 1.82) is 0 Å². The van der Waals surface area contributed by atoms with Crippen LogP contribution in [0.3, 0.4) is 0 Å². The highest BCUT2D eigenvalue weighted by Gasteiger charge is 2.32. The first kappa shape index (κ1) is 12.3. The molecule has 1 aromatic heterocycles. The van der Waals surface area contributed by atoms with E-state index in [-0.39, 0.29) is 17.5 Å². The van der Waals surface area contributed by atoms with Crippen molar-refractivity contribution in [2.45, 2.75) is 17.4 Å². The van der Waals surface area contributed by atoms with Crippen LogP contribution in [0.2, 0.25) is 0 Å². The van der Waals surface area contributed by atoms with Crippen LogP contribution in [0.1, 0.15) is 6.42 Å². The van der Waals surface area contributed by atoms with E-state index in [0.29, 0.717) is 13.0 Å². The summed E-state index contributed by atoms with van der Waals surface area (Å²) in [5.74, 6) is 0. The average Bonchev–Trinajstić information content (AvgIpc) is 2.69. The van der Waals surface area contributed by atoms with Gasteiger partial charge in [-0.3, -0.25) is 4.79 Å². The minimum atomic E-state index is -3.70. The first-order chi connectivity index (χ1) is 7.93. The minimum absolute atomic E-state index is 0.141. The molecule has 0 aliphatic carbocycles. The third-order valence-electron chi connectivity index (χ3n) is 2.89. The van der Waals surface area contributed by atoms with Gasteiger partial charge in [0.15, 0.2) is 0 Å². The lowest BCUT2D eigenvalue weighted by molar-refractivity contribution is 0.470. The number of aryl methyl sites for hydroxylation is 1. The van der Waals surface area contributed by atoms with Gasteiger partial charge >= 0.3 is 0 Å². The Bertz CT molecular complexity index is 579. The summed E-state index contributed by atoms with van der Waals surface area (Å²) < 4.78 is 26.9. The molecule has 1 aromatic rings. The SMILES string of the molecule is Cn1cccc(S(=O)(=O)N2CC[C@H](N)C2)c1=O. The summed E-state index contributed by atoms with van der Waals surface area (Å²) >= 11 is 0. The molecule has 17 heavy (non-hydrogen) atoms. The molecule has 0 bridgehead atoms. The van der Waals surface area contributed by atoms with Gasteiger partial charge in [0, 0.05) is 32.4 Å². The highest BCUT2D eigenvalue weighted by molar-refractivity contribution is 7.89.